The molecule has 0 radical (unpaired) electrons. The second-order valence-corrected chi connectivity index (χ2v) is 6.75. The van der Waals surface area contributed by atoms with Gasteiger partial charge in [-0.1, -0.05) is 6.07 Å². The first kappa shape index (κ1) is 18.2. The van der Waals surface area contributed by atoms with Crippen LogP contribution in [0.5, 0.6) is 5.75 Å². The lowest BCUT2D eigenvalue weighted by Gasteiger charge is -2.35. The number of ether oxygens (including phenoxy) is 1. The van der Waals surface area contributed by atoms with Crippen molar-refractivity contribution in [2.75, 3.05) is 50.1 Å². The van der Waals surface area contributed by atoms with Crippen LogP contribution < -0.4 is 15.0 Å². The summed E-state index contributed by atoms with van der Waals surface area (Å²) in [6.45, 7) is 3.53. The molecule has 9 heteroatoms. The molecule has 4 rings (SSSR count). The molecule has 1 saturated heterocycles. The lowest BCUT2D eigenvalue weighted by Crippen LogP contribution is -2.49. The van der Waals surface area contributed by atoms with E-state index in [1.54, 1.807) is 24.3 Å². The number of hydrogen-bond acceptors (Lipinski definition) is 7. The van der Waals surface area contributed by atoms with Crippen LogP contribution in [-0.2, 0) is 11.8 Å². The molecule has 0 unspecified atom stereocenters. The topological polar surface area (TPSA) is 88.4 Å². The molecule has 1 fully saturated rings. The van der Waals surface area contributed by atoms with Crippen LogP contribution in [0.15, 0.2) is 36.8 Å². The van der Waals surface area contributed by atoms with E-state index in [9.17, 15) is 4.79 Å². The molecule has 146 valence electrons. The van der Waals surface area contributed by atoms with E-state index in [4.69, 9.17) is 4.74 Å². The van der Waals surface area contributed by atoms with Crippen molar-refractivity contribution in [2.45, 2.75) is 0 Å². The second-order valence-electron chi connectivity index (χ2n) is 6.75. The molecule has 28 heavy (non-hydrogen) atoms. The van der Waals surface area contributed by atoms with Crippen LogP contribution in [-0.4, -0.2) is 70.4 Å². The Bertz CT molecular complexity index is 979. The van der Waals surface area contributed by atoms with E-state index in [0.717, 1.165) is 54.5 Å². The lowest BCUT2D eigenvalue weighted by atomic mass is 10.2. The summed E-state index contributed by atoms with van der Waals surface area (Å²) in [6, 6.07) is 7.37. The highest BCUT2D eigenvalue weighted by molar-refractivity contribution is 5.92. The van der Waals surface area contributed by atoms with E-state index in [2.05, 4.69) is 30.2 Å². The van der Waals surface area contributed by atoms with Gasteiger partial charge in [0.05, 0.1) is 25.2 Å². The van der Waals surface area contributed by atoms with Crippen molar-refractivity contribution in [3.05, 3.63) is 36.8 Å². The summed E-state index contributed by atoms with van der Waals surface area (Å²) in [5, 5.41) is 8.15. The van der Waals surface area contributed by atoms with Crippen molar-refractivity contribution in [3.8, 4) is 5.75 Å². The van der Waals surface area contributed by atoms with Crippen molar-refractivity contribution in [2.24, 2.45) is 7.05 Å². The summed E-state index contributed by atoms with van der Waals surface area (Å²) in [6.07, 6.45) is 3.38. The molecule has 3 aromatic rings. The van der Waals surface area contributed by atoms with Gasteiger partial charge in [0.2, 0.25) is 5.91 Å². The van der Waals surface area contributed by atoms with Crippen molar-refractivity contribution in [3.63, 3.8) is 0 Å². The molecule has 0 saturated carbocycles. The minimum atomic E-state index is -0.0293. The maximum Gasteiger partial charge on any atom is 0.238 e. The minimum absolute atomic E-state index is 0.0293. The summed E-state index contributed by atoms with van der Waals surface area (Å²) >= 11 is 0. The highest BCUT2D eigenvalue weighted by atomic mass is 16.5. The number of carbonyl (C=O) groups is 1. The van der Waals surface area contributed by atoms with Gasteiger partial charge in [0.1, 0.15) is 17.9 Å². The van der Waals surface area contributed by atoms with Gasteiger partial charge < -0.3 is 15.0 Å². The number of anilines is 2. The molecular weight excluding hydrogens is 358 g/mol. The van der Waals surface area contributed by atoms with Crippen molar-refractivity contribution >= 4 is 28.4 Å². The number of aromatic nitrogens is 4. The SMILES string of the molecule is COc1cccc(NC(=O)CN2CCN(c3ncnc4c3cnn4C)CC2)c1. The summed E-state index contributed by atoms with van der Waals surface area (Å²) in [5.41, 5.74) is 1.56. The molecule has 9 nitrogen and oxygen atoms in total. The van der Waals surface area contributed by atoms with Crippen molar-refractivity contribution in [1.82, 2.24) is 24.6 Å². The van der Waals surface area contributed by atoms with Crippen molar-refractivity contribution < 1.29 is 9.53 Å². The van der Waals surface area contributed by atoms with E-state index >= 15 is 0 Å². The Morgan fingerprint density at radius 1 is 1.21 bits per heavy atom. The highest BCUT2D eigenvalue weighted by Crippen LogP contribution is 2.23. The number of nitrogens with zero attached hydrogens (tertiary/aromatic N) is 6. The third kappa shape index (κ3) is 3.74. The molecule has 0 spiro atoms. The summed E-state index contributed by atoms with van der Waals surface area (Å²) in [7, 11) is 3.48. The normalized spacial score (nSPS) is 15.0. The number of rotatable bonds is 5. The Morgan fingerprint density at radius 3 is 2.82 bits per heavy atom. The zero-order valence-corrected chi connectivity index (χ0v) is 16.0. The number of fused-ring (bicyclic) bond motifs is 1. The van der Waals surface area contributed by atoms with Gasteiger partial charge in [-0.05, 0) is 12.1 Å². The summed E-state index contributed by atoms with van der Waals surface area (Å²) < 4.78 is 6.94. The number of aryl methyl sites for hydroxylation is 1. The lowest BCUT2D eigenvalue weighted by molar-refractivity contribution is -0.117. The van der Waals surface area contributed by atoms with Gasteiger partial charge >= 0.3 is 0 Å². The molecule has 0 bridgehead atoms. The predicted molar refractivity (Wildman–Crippen MR) is 107 cm³/mol. The van der Waals surface area contributed by atoms with Gasteiger partial charge in [-0.25, -0.2) is 9.97 Å². The first-order valence-electron chi connectivity index (χ1n) is 9.18. The molecular formula is C19H23N7O2. The van der Waals surface area contributed by atoms with E-state index in [0.29, 0.717) is 6.54 Å². The van der Waals surface area contributed by atoms with E-state index in [-0.39, 0.29) is 5.91 Å². The van der Waals surface area contributed by atoms with Crippen LogP contribution in [0.2, 0.25) is 0 Å². The third-order valence-corrected chi connectivity index (χ3v) is 4.90. The third-order valence-electron chi connectivity index (χ3n) is 4.90. The van der Waals surface area contributed by atoms with Gasteiger partial charge in [-0.3, -0.25) is 14.4 Å². The standard InChI is InChI=1S/C19H23N7O2/c1-24-18-16(11-22-24)19(21-13-20-18)26-8-6-25(7-9-26)12-17(27)23-14-4-3-5-15(10-14)28-2/h3-5,10-11,13H,6-9,12H2,1-2H3,(H,23,27). The number of amides is 1. The summed E-state index contributed by atoms with van der Waals surface area (Å²) in [5.74, 6) is 1.59. The van der Waals surface area contributed by atoms with Crippen LogP contribution in [0.3, 0.4) is 0 Å². The number of piperazine rings is 1. The van der Waals surface area contributed by atoms with Gasteiger partial charge in [-0.2, -0.15) is 5.10 Å². The maximum absolute atomic E-state index is 12.4. The quantitative estimate of drug-likeness (QED) is 0.709. The molecule has 0 atom stereocenters. The highest BCUT2D eigenvalue weighted by Gasteiger charge is 2.22. The fourth-order valence-corrected chi connectivity index (χ4v) is 3.42. The zero-order valence-electron chi connectivity index (χ0n) is 16.0. The molecule has 1 aromatic carbocycles. The number of carbonyl (C=O) groups excluding carboxylic acids is 1. The Hall–Kier alpha value is -3.20. The summed E-state index contributed by atoms with van der Waals surface area (Å²) in [4.78, 5) is 25.5. The van der Waals surface area contributed by atoms with E-state index in [1.807, 2.05) is 31.3 Å². The fourth-order valence-electron chi connectivity index (χ4n) is 3.42. The van der Waals surface area contributed by atoms with Gasteiger partial charge in [-0.15, -0.1) is 0 Å². The molecule has 0 aliphatic carbocycles. The number of nitrogens with one attached hydrogen (secondary N) is 1. The molecule has 1 aliphatic rings. The van der Waals surface area contributed by atoms with Gasteiger partial charge in [0.25, 0.3) is 0 Å². The Kier molecular flexibility index (Phi) is 5.07. The van der Waals surface area contributed by atoms with Crippen LogP contribution in [0.25, 0.3) is 11.0 Å². The maximum atomic E-state index is 12.4. The molecule has 3 heterocycles. The number of methoxy groups -OCH3 is 1. The average molecular weight is 381 g/mol. The molecule has 1 N–H and O–H groups in total. The van der Waals surface area contributed by atoms with E-state index in [1.165, 1.54) is 0 Å². The largest absolute Gasteiger partial charge is 0.497 e. The number of benzene rings is 1. The molecule has 1 aliphatic heterocycles. The van der Waals surface area contributed by atoms with E-state index < -0.39 is 0 Å². The second kappa shape index (κ2) is 7.81. The molecule has 1 amide bonds. The predicted octanol–water partition coefficient (Wildman–Crippen LogP) is 1.13. The Balaban J connectivity index is 1.34. The van der Waals surface area contributed by atoms with Gasteiger partial charge in [0, 0.05) is 45.0 Å². The fraction of sp³-hybridized carbons (Fsp3) is 0.368. The van der Waals surface area contributed by atoms with Crippen molar-refractivity contribution in [1.29, 1.82) is 0 Å². The first-order valence-corrected chi connectivity index (χ1v) is 9.18. The monoisotopic (exact) mass is 381 g/mol. The minimum Gasteiger partial charge on any atom is -0.497 e. The van der Waals surface area contributed by atoms with Crippen LogP contribution in [0.4, 0.5) is 11.5 Å². The molecule has 2 aromatic heterocycles. The van der Waals surface area contributed by atoms with Crippen LogP contribution in [0, 0.1) is 0 Å². The smallest absolute Gasteiger partial charge is 0.238 e. The zero-order chi connectivity index (χ0) is 19.5. The van der Waals surface area contributed by atoms with Crippen LogP contribution in [0.1, 0.15) is 0 Å². The Morgan fingerprint density at radius 2 is 2.04 bits per heavy atom. The number of hydrogen-bond donors (Lipinski definition) is 1. The average Bonchev–Trinajstić information content (AvgIpc) is 3.10. The first-order chi connectivity index (χ1) is 13.6. The van der Waals surface area contributed by atoms with Crippen LogP contribution >= 0.6 is 0 Å². The van der Waals surface area contributed by atoms with Gasteiger partial charge in [0.15, 0.2) is 5.65 Å². The Labute approximate surface area is 162 Å².